The molecule has 1 rings (SSSR count). The van der Waals surface area contributed by atoms with E-state index in [1.165, 1.54) is 12.8 Å². The molecular weight excluding hydrogens is 901 g/mol. The lowest BCUT2D eigenvalue weighted by atomic mass is 9.98. The second kappa shape index (κ2) is 46.7. The first-order valence-corrected chi connectivity index (χ1v) is 27.2. The minimum atomic E-state index is -1.92. The molecule has 0 aromatic heterocycles. The predicted octanol–water partition coefficient (Wildman–Crippen LogP) is 13.3. The number of aliphatic hydroxyl groups is 2. The average Bonchev–Trinajstić information content (AvgIpc) is 3.35. The van der Waals surface area contributed by atoms with Crippen molar-refractivity contribution < 1.29 is 58.2 Å². The Kier molecular flexibility index (Phi) is 42.5. The molecule has 0 aromatic rings. The molecule has 1 saturated heterocycles. The zero-order valence-corrected chi connectivity index (χ0v) is 43.9. The molecule has 0 aliphatic carbocycles. The number of carbonyl (C=O) groups excluding carboxylic acids is 3. The summed E-state index contributed by atoms with van der Waals surface area (Å²) in [6.45, 7) is 5.65. The van der Waals surface area contributed by atoms with Gasteiger partial charge in [-0.1, -0.05) is 169 Å². The van der Waals surface area contributed by atoms with Crippen molar-refractivity contribution in [1.82, 2.24) is 0 Å². The molecule has 0 spiro atoms. The third-order valence-electron chi connectivity index (χ3n) is 11.6. The number of carboxylic acid groups (broad SMARTS) is 1. The van der Waals surface area contributed by atoms with Crippen molar-refractivity contribution in [2.75, 3.05) is 13.2 Å². The Morgan fingerprint density at radius 2 is 0.887 bits per heavy atom. The maximum atomic E-state index is 13.1. The number of unbranched alkanes of at least 4 members (excludes halogenated alkanes) is 14. The van der Waals surface area contributed by atoms with Gasteiger partial charge in [0.25, 0.3) is 0 Å². The van der Waals surface area contributed by atoms with E-state index in [0.29, 0.717) is 19.3 Å². The van der Waals surface area contributed by atoms with Crippen molar-refractivity contribution in [3.05, 3.63) is 97.2 Å². The zero-order valence-electron chi connectivity index (χ0n) is 43.9. The normalized spacial score (nSPS) is 19.3. The molecular formula is C59H94O12. The van der Waals surface area contributed by atoms with Crippen molar-refractivity contribution in [2.45, 2.75) is 237 Å². The third kappa shape index (κ3) is 37.1. The summed E-state index contributed by atoms with van der Waals surface area (Å²) in [5, 5.41) is 31.4. The Bertz CT molecular complexity index is 1610. The average molecular weight is 995 g/mol. The smallest absolute Gasteiger partial charge is 0.335 e. The van der Waals surface area contributed by atoms with Crippen LogP contribution < -0.4 is 0 Å². The molecule has 1 aliphatic rings. The van der Waals surface area contributed by atoms with E-state index in [4.69, 9.17) is 23.7 Å². The van der Waals surface area contributed by atoms with E-state index in [2.05, 4.69) is 118 Å². The first-order valence-electron chi connectivity index (χ1n) is 27.2. The number of esters is 3. The Labute approximate surface area is 428 Å². The molecule has 0 amide bonds. The molecule has 0 bridgehead atoms. The van der Waals surface area contributed by atoms with Gasteiger partial charge in [-0.05, 0) is 109 Å². The number of carboxylic acids is 1. The highest BCUT2D eigenvalue weighted by Crippen LogP contribution is 2.26. The largest absolute Gasteiger partial charge is 0.479 e. The number of hydrogen-bond donors (Lipinski definition) is 3. The molecule has 1 aliphatic heterocycles. The van der Waals surface area contributed by atoms with Gasteiger partial charge in [0.1, 0.15) is 18.8 Å². The van der Waals surface area contributed by atoms with E-state index in [-0.39, 0.29) is 25.9 Å². The maximum Gasteiger partial charge on any atom is 0.335 e. The lowest BCUT2D eigenvalue weighted by molar-refractivity contribution is -0.301. The van der Waals surface area contributed by atoms with Gasteiger partial charge in [0.15, 0.2) is 24.6 Å². The fraction of sp³-hybridized carbons (Fsp3) is 0.661. The van der Waals surface area contributed by atoms with Gasteiger partial charge in [-0.2, -0.15) is 0 Å². The van der Waals surface area contributed by atoms with Crippen LogP contribution in [0.1, 0.15) is 201 Å². The van der Waals surface area contributed by atoms with E-state index >= 15 is 0 Å². The SMILES string of the molecule is CC/C=C\C/C=C\C/C=C\C/C=C\CCCCCCC(=O)OCC(COC1OC(C(=O)O)C(O)C(O)C1OC(=O)CCCCC/C=C\C/C=C\C/C=C\CC)OC(=O)CCCCCCC/C=C\CCCC. The van der Waals surface area contributed by atoms with Crippen LogP contribution in [0.2, 0.25) is 0 Å². The Morgan fingerprint density at radius 3 is 1.38 bits per heavy atom. The maximum absolute atomic E-state index is 13.1. The van der Waals surface area contributed by atoms with E-state index in [1.54, 1.807) is 0 Å². The molecule has 6 atom stereocenters. The van der Waals surface area contributed by atoms with Crippen LogP contribution in [0.4, 0.5) is 0 Å². The second-order valence-corrected chi connectivity index (χ2v) is 18.1. The summed E-state index contributed by atoms with van der Waals surface area (Å²) in [5.74, 6) is -3.22. The van der Waals surface area contributed by atoms with Crippen LogP contribution in [0.25, 0.3) is 0 Å². The molecule has 71 heavy (non-hydrogen) atoms. The summed E-state index contributed by atoms with van der Waals surface area (Å²) in [6, 6.07) is 0. The van der Waals surface area contributed by atoms with Crippen molar-refractivity contribution in [3.8, 4) is 0 Å². The molecule has 0 aromatic carbocycles. The quantitative estimate of drug-likeness (QED) is 0.0228. The minimum Gasteiger partial charge on any atom is -0.479 e. The summed E-state index contributed by atoms with van der Waals surface area (Å²) in [6.07, 6.45) is 48.2. The van der Waals surface area contributed by atoms with E-state index in [1.807, 2.05) is 0 Å². The van der Waals surface area contributed by atoms with Gasteiger partial charge < -0.3 is 39.0 Å². The van der Waals surface area contributed by atoms with Crippen LogP contribution in [0.3, 0.4) is 0 Å². The first-order chi connectivity index (χ1) is 34.6. The fourth-order valence-electron chi connectivity index (χ4n) is 7.47. The highest BCUT2D eigenvalue weighted by Gasteiger charge is 2.50. The lowest BCUT2D eigenvalue weighted by Gasteiger charge is -2.40. The molecule has 3 N–H and O–H groups in total. The standard InChI is InChI=1S/C59H94O12/c1-4-7-10-13-16-19-22-24-25-26-27-29-31-33-36-39-42-45-51(60)67-48-50(69-52(61)46-43-40-37-34-30-21-18-15-12-9-6-3)49-68-59-57(55(64)54(63)56(71-59)58(65)66)70-53(62)47-44-41-38-35-32-28-23-20-17-14-11-8-5-2/h7-8,10-11,15-20,24-25,27-29,32,50,54-57,59,63-64H,4-6,9,12-14,21-23,26,30-31,33-49H2,1-3H3,(H,65,66)/b10-7-,11-8-,18-15-,19-16-,20-17-,25-24-,29-27-,32-28-. The summed E-state index contributed by atoms with van der Waals surface area (Å²) in [5.41, 5.74) is 0. The van der Waals surface area contributed by atoms with E-state index in [0.717, 1.165) is 128 Å². The zero-order chi connectivity index (χ0) is 51.8. The molecule has 12 nitrogen and oxygen atoms in total. The Hall–Kier alpha value is -4.36. The van der Waals surface area contributed by atoms with Crippen molar-refractivity contribution in [2.24, 2.45) is 0 Å². The first kappa shape index (κ1) is 64.7. The molecule has 6 unspecified atom stereocenters. The Morgan fingerprint density at radius 1 is 0.479 bits per heavy atom. The van der Waals surface area contributed by atoms with Gasteiger partial charge in [-0.3, -0.25) is 14.4 Å². The summed E-state index contributed by atoms with van der Waals surface area (Å²) in [4.78, 5) is 50.9. The Balaban J connectivity index is 2.75. The lowest BCUT2D eigenvalue weighted by Crippen LogP contribution is -2.61. The monoisotopic (exact) mass is 995 g/mol. The topological polar surface area (TPSA) is 175 Å². The summed E-state index contributed by atoms with van der Waals surface area (Å²) >= 11 is 0. The molecule has 0 saturated carbocycles. The number of hydrogen-bond acceptors (Lipinski definition) is 11. The number of aliphatic hydroxyl groups excluding tert-OH is 2. The van der Waals surface area contributed by atoms with E-state index in [9.17, 15) is 34.5 Å². The highest BCUT2D eigenvalue weighted by atomic mass is 16.7. The van der Waals surface area contributed by atoms with Gasteiger partial charge in [-0.25, -0.2) is 4.79 Å². The van der Waals surface area contributed by atoms with Crippen LogP contribution in [-0.4, -0.2) is 89.2 Å². The van der Waals surface area contributed by atoms with Crippen LogP contribution in [-0.2, 0) is 42.9 Å². The number of allylic oxidation sites excluding steroid dienone is 16. The summed E-state index contributed by atoms with van der Waals surface area (Å²) in [7, 11) is 0. The third-order valence-corrected chi connectivity index (χ3v) is 11.6. The van der Waals surface area contributed by atoms with Crippen molar-refractivity contribution in [1.29, 1.82) is 0 Å². The molecule has 1 fully saturated rings. The van der Waals surface area contributed by atoms with Crippen LogP contribution in [0.5, 0.6) is 0 Å². The van der Waals surface area contributed by atoms with Gasteiger partial charge in [0.05, 0.1) is 6.61 Å². The highest BCUT2D eigenvalue weighted by molar-refractivity contribution is 5.74. The van der Waals surface area contributed by atoms with Crippen LogP contribution >= 0.6 is 0 Å². The number of carbonyl (C=O) groups is 4. The van der Waals surface area contributed by atoms with Gasteiger partial charge in [0.2, 0.25) is 0 Å². The molecule has 402 valence electrons. The molecule has 1 heterocycles. The van der Waals surface area contributed by atoms with Crippen LogP contribution in [0, 0.1) is 0 Å². The van der Waals surface area contributed by atoms with Crippen LogP contribution in [0.15, 0.2) is 97.2 Å². The van der Waals surface area contributed by atoms with Crippen molar-refractivity contribution >= 4 is 23.9 Å². The molecule has 12 heteroatoms. The minimum absolute atomic E-state index is 0.0176. The molecule has 0 radical (unpaired) electrons. The number of ether oxygens (including phenoxy) is 5. The van der Waals surface area contributed by atoms with E-state index < -0.39 is 67.3 Å². The second-order valence-electron chi connectivity index (χ2n) is 18.1. The number of rotatable bonds is 44. The predicted molar refractivity (Wildman–Crippen MR) is 284 cm³/mol. The fourth-order valence-corrected chi connectivity index (χ4v) is 7.47. The summed E-state index contributed by atoms with van der Waals surface area (Å²) < 4.78 is 28.3. The van der Waals surface area contributed by atoms with Gasteiger partial charge in [-0.15, -0.1) is 0 Å². The number of aliphatic carboxylic acids is 1. The van der Waals surface area contributed by atoms with Crippen molar-refractivity contribution in [3.63, 3.8) is 0 Å². The van der Waals surface area contributed by atoms with Gasteiger partial charge in [0, 0.05) is 19.3 Å². The van der Waals surface area contributed by atoms with Gasteiger partial charge >= 0.3 is 23.9 Å².